The summed E-state index contributed by atoms with van der Waals surface area (Å²) in [6.45, 7) is 4.75. The molecular weight excluding hydrogens is 132 g/mol. The average molecular weight is 146 g/mol. The molecule has 0 radical (unpaired) electrons. The van der Waals surface area contributed by atoms with Crippen molar-refractivity contribution in [3.8, 4) is 0 Å². The largest absolute Gasteiger partial charge is 0.394 e. The Morgan fingerprint density at radius 3 is 2.30 bits per heavy atom. The van der Waals surface area contributed by atoms with Gasteiger partial charge in [0.15, 0.2) is 0 Å². The minimum absolute atomic E-state index is 0.192. The fourth-order valence-corrected chi connectivity index (χ4v) is 0.598. The molecule has 0 aromatic heterocycles. The summed E-state index contributed by atoms with van der Waals surface area (Å²) in [7, 11) is 0. The van der Waals surface area contributed by atoms with Gasteiger partial charge in [0.25, 0.3) is 0 Å². The maximum atomic E-state index is 9.10. The van der Waals surface area contributed by atoms with Gasteiger partial charge in [-0.15, -0.1) is 6.58 Å². The molecule has 3 atom stereocenters. The van der Waals surface area contributed by atoms with Crippen LogP contribution < -0.4 is 0 Å². The minimum Gasteiger partial charge on any atom is -0.394 e. The Labute approximate surface area is 60.6 Å². The van der Waals surface area contributed by atoms with Crippen molar-refractivity contribution in [1.29, 1.82) is 0 Å². The molecule has 10 heavy (non-hydrogen) atoms. The molecule has 0 fully saturated rings. The second kappa shape index (κ2) is 4.44. The zero-order valence-corrected chi connectivity index (χ0v) is 6.07. The van der Waals surface area contributed by atoms with Crippen LogP contribution in [0.4, 0.5) is 0 Å². The number of aliphatic hydroxyl groups is 3. The Hall–Kier alpha value is -0.380. The third-order valence-electron chi connectivity index (χ3n) is 1.49. The van der Waals surface area contributed by atoms with Gasteiger partial charge in [0.2, 0.25) is 0 Å². The van der Waals surface area contributed by atoms with Crippen molar-refractivity contribution in [3.05, 3.63) is 12.7 Å². The molecule has 0 bridgehead atoms. The summed E-state index contributed by atoms with van der Waals surface area (Å²) in [5.41, 5.74) is 0. The summed E-state index contributed by atoms with van der Waals surface area (Å²) in [4.78, 5) is 0. The second-order valence-electron chi connectivity index (χ2n) is 2.34. The first-order valence-corrected chi connectivity index (χ1v) is 3.23. The molecule has 60 valence electrons. The summed E-state index contributed by atoms with van der Waals surface area (Å²) in [6, 6.07) is 0. The molecule has 3 heteroatoms. The maximum Gasteiger partial charge on any atom is 0.103 e. The zero-order valence-electron chi connectivity index (χ0n) is 6.07. The van der Waals surface area contributed by atoms with E-state index in [9.17, 15) is 0 Å². The van der Waals surface area contributed by atoms with Gasteiger partial charge in [0.1, 0.15) is 6.10 Å². The Bertz CT molecular complexity index is 103. The van der Waals surface area contributed by atoms with Gasteiger partial charge in [-0.25, -0.2) is 0 Å². The molecule has 3 nitrogen and oxygen atoms in total. The normalized spacial score (nSPS) is 19.6. The quantitative estimate of drug-likeness (QED) is 0.469. The van der Waals surface area contributed by atoms with Gasteiger partial charge in [0, 0.05) is 5.92 Å². The predicted molar refractivity (Wildman–Crippen MR) is 38.5 cm³/mol. The van der Waals surface area contributed by atoms with Crippen molar-refractivity contribution in [2.75, 3.05) is 6.61 Å². The Morgan fingerprint density at radius 2 is 2.00 bits per heavy atom. The highest BCUT2D eigenvalue weighted by Crippen LogP contribution is 2.07. The van der Waals surface area contributed by atoms with Gasteiger partial charge >= 0.3 is 0 Å². The number of rotatable bonds is 4. The van der Waals surface area contributed by atoms with Crippen LogP contribution in [-0.2, 0) is 0 Å². The maximum absolute atomic E-state index is 9.10. The summed E-state index contributed by atoms with van der Waals surface area (Å²) < 4.78 is 0. The van der Waals surface area contributed by atoms with Crippen molar-refractivity contribution in [2.45, 2.75) is 19.1 Å². The second-order valence-corrected chi connectivity index (χ2v) is 2.34. The van der Waals surface area contributed by atoms with E-state index in [4.69, 9.17) is 15.3 Å². The van der Waals surface area contributed by atoms with E-state index >= 15 is 0 Å². The lowest BCUT2D eigenvalue weighted by molar-refractivity contribution is -0.0301. The first kappa shape index (κ1) is 9.62. The van der Waals surface area contributed by atoms with E-state index in [-0.39, 0.29) is 5.92 Å². The third-order valence-corrected chi connectivity index (χ3v) is 1.49. The monoisotopic (exact) mass is 146 g/mol. The molecular formula is C7H14O3. The molecule has 0 saturated carbocycles. The number of hydrogen-bond acceptors (Lipinski definition) is 3. The SMILES string of the molecule is C=C[C@H](C)[C@H](O)[C@H](O)CO. The van der Waals surface area contributed by atoms with Crippen LogP contribution in [-0.4, -0.2) is 34.1 Å². The Kier molecular flexibility index (Phi) is 4.27. The summed E-state index contributed by atoms with van der Waals surface area (Å²) in [5, 5.41) is 26.4. The molecule has 0 rings (SSSR count). The third kappa shape index (κ3) is 2.47. The molecule has 0 amide bonds. The molecule has 3 N–H and O–H groups in total. The summed E-state index contributed by atoms with van der Waals surface area (Å²) >= 11 is 0. The van der Waals surface area contributed by atoms with Crippen LogP contribution in [0.15, 0.2) is 12.7 Å². The van der Waals surface area contributed by atoms with E-state index in [1.54, 1.807) is 6.92 Å². The summed E-state index contributed by atoms with van der Waals surface area (Å²) in [5.74, 6) is -0.192. The molecule has 0 aromatic rings. The molecule has 0 aliphatic heterocycles. The van der Waals surface area contributed by atoms with E-state index in [1.807, 2.05) is 0 Å². The lowest BCUT2D eigenvalue weighted by atomic mass is 10.0. The predicted octanol–water partition coefficient (Wildman–Crippen LogP) is -0.477. The van der Waals surface area contributed by atoms with Gasteiger partial charge in [-0.3, -0.25) is 0 Å². The summed E-state index contributed by atoms with van der Waals surface area (Å²) in [6.07, 6.45) is -0.445. The van der Waals surface area contributed by atoms with E-state index < -0.39 is 18.8 Å². The van der Waals surface area contributed by atoms with Crippen molar-refractivity contribution >= 4 is 0 Å². The fourth-order valence-electron chi connectivity index (χ4n) is 0.598. The van der Waals surface area contributed by atoms with Gasteiger partial charge in [-0.1, -0.05) is 13.0 Å². The lowest BCUT2D eigenvalue weighted by Gasteiger charge is -2.19. The molecule has 0 aliphatic carbocycles. The van der Waals surface area contributed by atoms with Gasteiger partial charge in [0.05, 0.1) is 12.7 Å². The molecule has 0 aromatic carbocycles. The standard InChI is InChI=1S/C7H14O3/c1-3-5(2)7(10)6(9)4-8/h3,5-10H,1,4H2,2H3/t5-,6+,7-/m0/s1. The van der Waals surface area contributed by atoms with Crippen LogP contribution in [0.25, 0.3) is 0 Å². The molecule has 0 aliphatic rings. The molecule has 0 saturated heterocycles. The lowest BCUT2D eigenvalue weighted by Crippen LogP contribution is -2.33. The van der Waals surface area contributed by atoms with Crippen LogP contribution >= 0.6 is 0 Å². The highest BCUT2D eigenvalue weighted by Gasteiger charge is 2.19. The van der Waals surface area contributed by atoms with Crippen LogP contribution in [0.2, 0.25) is 0 Å². The average Bonchev–Trinajstić information content (AvgIpc) is 2.00. The van der Waals surface area contributed by atoms with E-state index in [1.165, 1.54) is 6.08 Å². The highest BCUT2D eigenvalue weighted by atomic mass is 16.4. The molecule has 0 heterocycles. The smallest absolute Gasteiger partial charge is 0.103 e. The van der Waals surface area contributed by atoms with Crippen molar-refractivity contribution in [3.63, 3.8) is 0 Å². The van der Waals surface area contributed by atoms with Crippen LogP contribution in [0.3, 0.4) is 0 Å². The first-order valence-electron chi connectivity index (χ1n) is 3.23. The Balaban J connectivity index is 3.80. The van der Waals surface area contributed by atoms with E-state index in [0.717, 1.165) is 0 Å². The molecule has 0 spiro atoms. The highest BCUT2D eigenvalue weighted by molar-refractivity contribution is 4.84. The van der Waals surface area contributed by atoms with Gasteiger partial charge in [-0.05, 0) is 0 Å². The van der Waals surface area contributed by atoms with Crippen LogP contribution in [0.1, 0.15) is 6.92 Å². The fraction of sp³-hybridized carbons (Fsp3) is 0.714. The zero-order chi connectivity index (χ0) is 8.15. The van der Waals surface area contributed by atoms with Gasteiger partial charge in [-0.2, -0.15) is 0 Å². The van der Waals surface area contributed by atoms with Crippen molar-refractivity contribution < 1.29 is 15.3 Å². The topological polar surface area (TPSA) is 60.7 Å². The van der Waals surface area contributed by atoms with Crippen LogP contribution in [0.5, 0.6) is 0 Å². The van der Waals surface area contributed by atoms with E-state index in [2.05, 4.69) is 6.58 Å². The van der Waals surface area contributed by atoms with Crippen molar-refractivity contribution in [2.24, 2.45) is 5.92 Å². The number of hydrogen-bond donors (Lipinski definition) is 3. The van der Waals surface area contributed by atoms with Gasteiger partial charge < -0.3 is 15.3 Å². The first-order chi connectivity index (χ1) is 4.63. The minimum atomic E-state index is -1.06. The van der Waals surface area contributed by atoms with Crippen molar-refractivity contribution in [1.82, 2.24) is 0 Å². The van der Waals surface area contributed by atoms with Crippen LogP contribution in [0, 0.1) is 5.92 Å². The Morgan fingerprint density at radius 1 is 1.50 bits per heavy atom. The number of aliphatic hydroxyl groups excluding tert-OH is 3. The van der Waals surface area contributed by atoms with E-state index in [0.29, 0.717) is 0 Å². The molecule has 0 unspecified atom stereocenters.